The summed E-state index contributed by atoms with van der Waals surface area (Å²) >= 11 is 9.32. The number of nitrogens with one attached hydrogen (secondary N) is 1. The third kappa shape index (κ3) is 7.03. The fourth-order valence-corrected chi connectivity index (χ4v) is 2.40. The monoisotopic (exact) mass is 425 g/mol. The molecule has 0 heterocycles. The number of halogens is 2. The molecule has 0 aromatic heterocycles. The van der Waals surface area contributed by atoms with Crippen LogP contribution in [0.3, 0.4) is 0 Å². The number of hydrogen-bond acceptors (Lipinski definition) is 4. The molecule has 0 fully saturated rings. The van der Waals surface area contributed by atoms with Crippen LogP contribution in [0.15, 0.2) is 58.2 Å². The van der Waals surface area contributed by atoms with Gasteiger partial charge in [-0.3, -0.25) is 4.79 Å². The van der Waals surface area contributed by atoms with E-state index >= 15 is 0 Å². The average molecular weight is 427 g/mol. The van der Waals surface area contributed by atoms with Crippen molar-refractivity contribution < 1.29 is 14.4 Å². The second-order valence-electron chi connectivity index (χ2n) is 4.93. The highest BCUT2D eigenvalue weighted by molar-refractivity contribution is 9.10. The van der Waals surface area contributed by atoms with E-state index in [-0.39, 0.29) is 24.8 Å². The van der Waals surface area contributed by atoms with Crippen LogP contribution in [-0.4, -0.2) is 25.0 Å². The minimum absolute atomic E-state index is 0.0620. The van der Waals surface area contributed by atoms with Crippen LogP contribution in [0.4, 0.5) is 5.69 Å². The summed E-state index contributed by atoms with van der Waals surface area (Å²) in [6.45, 7) is 0.512. The number of anilines is 1. The largest absolute Gasteiger partial charge is 0.490 e. The van der Waals surface area contributed by atoms with Gasteiger partial charge in [-0.2, -0.15) is 0 Å². The summed E-state index contributed by atoms with van der Waals surface area (Å²) in [4.78, 5) is 16.9. The number of hydrogen-bond donors (Lipinski definition) is 2. The Bertz CT molecular complexity index is 755. The lowest BCUT2D eigenvalue weighted by atomic mass is 10.3. The average Bonchev–Trinajstić information content (AvgIpc) is 2.56. The molecular formula is C17H17BrClN3O3. The zero-order valence-electron chi connectivity index (χ0n) is 13.2. The van der Waals surface area contributed by atoms with Crippen molar-refractivity contribution in [1.29, 1.82) is 0 Å². The number of amides is 1. The number of rotatable bonds is 8. The summed E-state index contributed by atoms with van der Waals surface area (Å²) in [5.74, 6) is 0.449. The Kier molecular flexibility index (Phi) is 7.56. The van der Waals surface area contributed by atoms with E-state index in [0.717, 1.165) is 4.47 Å². The minimum Gasteiger partial charge on any atom is -0.490 e. The normalized spacial score (nSPS) is 11.0. The summed E-state index contributed by atoms with van der Waals surface area (Å²) in [5, 5.41) is 6.79. The van der Waals surface area contributed by atoms with Gasteiger partial charge in [0.15, 0.2) is 6.61 Å². The van der Waals surface area contributed by atoms with Gasteiger partial charge in [-0.05, 0) is 30.3 Å². The first-order valence-electron chi connectivity index (χ1n) is 7.41. The molecule has 3 N–H and O–H groups in total. The first-order chi connectivity index (χ1) is 12.0. The summed E-state index contributed by atoms with van der Waals surface area (Å²) in [5.41, 5.74) is 6.18. The third-order valence-corrected chi connectivity index (χ3v) is 3.73. The van der Waals surface area contributed by atoms with Crippen LogP contribution in [0, 0.1) is 0 Å². The molecule has 0 aliphatic heterocycles. The molecule has 132 valence electrons. The first kappa shape index (κ1) is 19.1. The number of ether oxygens (including phenoxy) is 1. The van der Waals surface area contributed by atoms with Gasteiger partial charge >= 0.3 is 0 Å². The second kappa shape index (κ2) is 9.90. The van der Waals surface area contributed by atoms with Crippen LogP contribution >= 0.6 is 27.5 Å². The van der Waals surface area contributed by atoms with E-state index in [4.69, 9.17) is 26.9 Å². The van der Waals surface area contributed by atoms with Crippen LogP contribution < -0.4 is 15.8 Å². The van der Waals surface area contributed by atoms with Gasteiger partial charge in [-0.25, -0.2) is 0 Å². The first-order valence-corrected chi connectivity index (χ1v) is 8.59. The van der Waals surface area contributed by atoms with Crippen LogP contribution in [0.25, 0.3) is 0 Å². The Balaban J connectivity index is 1.69. The zero-order valence-corrected chi connectivity index (χ0v) is 15.6. The van der Waals surface area contributed by atoms with E-state index in [9.17, 15) is 4.79 Å². The predicted octanol–water partition coefficient (Wildman–Crippen LogP) is 3.80. The second-order valence-corrected chi connectivity index (χ2v) is 6.25. The van der Waals surface area contributed by atoms with E-state index in [2.05, 4.69) is 26.4 Å². The lowest BCUT2D eigenvalue weighted by molar-refractivity contribution is -0.115. The predicted molar refractivity (Wildman–Crippen MR) is 102 cm³/mol. The molecular weight excluding hydrogens is 410 g/mol. The molecule has 6 nitrogen and oxygen atoms in total. The van der Waals surface area contributed by atoms with Crippen molar-refractivity contribution in [2.45, 2.75) is 6.42 Å². The van der Waals surface area contributed by atoms with Gasteiger partial charge in [0.1, 0.15) is 18.2 Å². The molecule has 0 saturated carbocycles. The van der Waals surface area contributed by atoms with Crippen LogP contribution in [0.2, 0.25) is 5.02 Å². The molecule has 0 unspecified atom stereocenters. The molecule has 2 rings (SSSR count). The van der Waals surface area contributed by atoms with E-state index in [1.807, 2.05) is 24.3 Å². The van der Waals surface area contributed by atoms with Crippen molar-refractivity contribution in [3.8, 4) is 5.75 Å². The number of benzene rings is 2. The zero-order chi connectivity index (χ0) is 18.1. The highest BCUT2D eigenvalue weighted by Crippen LogP contribution is 2.20. The quantitative estimate of drug-likeness (QED) is 0.291. The van der Waals surface area contributed by atoms with Gasteiger partial charge in [0.05, 0.1) is 17.1 Å². The topological polar surface area (TPSA) is 85.9 Å². The summed E-state index contributed by atoms with van der Waals surface area (Å²) in [7, 11) is 0. The minimum atomic E-state index is -0.330. The molecule has 1 amide bonds. The summed E-state index contributed by atoms with van der Waals surface area (Å²) in [6, 6.07) is 14.4. The Morgan fingerprint density at radius 1 is 1.20 bits per heavy atom. The number of carbonyl (C=O) groups is 1. The highest BCUT2D eigenvalue weighted by atomic mass is 79.9. The Hall–Kier alpha value is -2.25. The van der Waals surface area contributed by atoms with E-state index < -0.39 is 0 Å². The molecule has 0 atom stereocenters. The van der Waals surface area contributed by atoms with E-state index in [1.54, 1.807) is 24.3 Å². The van der Waals surface area contributed by atoms with Crippen molar-refractivity contribution in [2.75, 3.05) is 18.5 Å². The van der Waals surface area contributed by atoms with Gasteiger partial charge in [-0.1, -0.05) is 50.9 Å². The Morgan fingerprint density at radius 2 is 2.00 bits per heavy atom. The molecule has 0 aliphatic carbocycles. The smallest absolute Gasteiger partial charge is 0.232 e. The lowest BCUT2D eigenvalue weighted by Crippen LogP contribution is -2.22. The van der Waals surface area contributed by atoms with Crippen molar-refractivity contribution >= 4 is 45.0 Å². The maximum atomic E-state index is 11.9. The van der Waals surface area contributed by atoms with Gasteiger partial charge in [0.2, 0.25) is 5.91 Å². The Labute approximate surface area is 159 Å². The van der Waals surface area contributed by atoms with Crippen LogP contribution in [0.5, 0.6) is 5.75 Å². The molecule has 0 saturated heterocycles. The van der Waals surface area contributed by atoms with Gasteiger partial charge in [-0.15, -0.1) is 0 Å². The summed E-state index contributed by atoms with van der Waals surface area (Å²) in [6.07, 6.45) is -0.0995. The maximum absolute atomic E-state index is 11.9. The fourth-order valence-electron chi connectivity index (χ4n) is 1.84. The molecule has 2 aromatic rings. The van der Waals surface area contributed by atoms with E-state index in [1.165, 1.54) is 0 Å². The van der Waals surface area contributed by atoms with Crippen molar-refractivity contribution in [1.82, 2.24) is 0 Å². The van der Waals surface area contributed by atoms with Gasteiger partial charge in [0.25, 0.3) is 0 Å². The van der Waals surface area contributed by atoms with Crippen molar-refractivity contribution in [3.63, 3.8) is 0 Å². The number of amidine groups is 1. The highest BCUT2D eigenvalue weighted by Gasteiger charge is 2.07. The van der Waals surface area contributed by atoms with Crippen LogP contribution in [-0.2, 0) is 9.63 Å². The van der Waals surface area contributed by atoms with Gasteiger partial charge in [0, 0.05) is 4.47 Å². The van der Waals surface area contributed by atoms with E-state index in [0.29, 0.717) is 23.1 Å². The molecule has 25 heavy (non-hydrogen) atoms. The number of nitrogens with zero attached hydrogens (tertiary/aromatic N) is 1. The molecule has 0 spiro atoms. The van der Waals surface area contributed by atoms with Crippen molar-refractivity contribution in [2.24, 2.45) is 10.9 Å². The molecule has 8 heteroatoms. The fraction of sp³-hybridized carbons (Fsp3) is 0.176. The molecule has 0 bridgehead atoms. The molecule has 2 aromatic carbocycles. The number of carbonyl (C=O) groups excluding carboxylic acids is 1. The number of para-hydroxylation sites is 1. The van der Waals surface area contributed by atoms with Gasteiger partial charge < -0.3 is 20.6 Å². The third-order valence-electron chi connectivity index (χ3n) is 2.91. The van der Waals surface area contributed by atoms with Crippen molar-refractivity contribution in [3.05, 3.63) is 58.0 Å². The summed E-state index contributed by atoms with van der Waals surface area (Å²) < 4.78 is 6.41. The lowest BCUT2D eigenvalue weighted by Gasteiger charge is -2.07. The standard InChI is InChI=1S/C17H17BrClN3O3/c18-12-4-3-5-13(10-12)24-8-9-25-22-16(20)11-17(23)21-15-7-2-1-6-14(15)19/h1-7,10H,8-9,11H2,(H2,20,22)(H,21,23). The Morgan fingerprint density at radius 3 is 2.76 bits per heavy atom. The molecule has 0 aliphatic rings. The number of oxime groups is 1. The SMILES string of the molecule is N/C(CC(=O)Nc1ccccc1Cl)=N/OCCOc1cccc(Br)c1. The van der Waals surface area contributed by atoms with Crippen LogP contribution in [0.1, 0.15) is 6.42 Å². The molecule has 0 radical (unpaired) electrons. The number of nitrogens with two attached hydrogens (primary N) is 1. The maximum Gasteiger partial charge on any atom is 0.232 e.